The highest BCUT2D eigenvalue weighted by Gasteiger charge is 2.13. The van der Waals surface area contributed by atoms with Gasteiger partial charge in [-0.2, -0.15) is 0 Å². The Labute approximate surface area is 126 Å². The first kappa shape index (κ1) is 15.5. The van der Waals surface area contributed by atoms with Gasteiger partial charge in [-0.15, -0.1) is 0 Å². The van der Waals surface area contributed by atoms with Gasteiger partial charge in [-0.25, -0.2) is 0 Å². The van der Waals surface area contributed by atoms with Gasteiger partial charge < -0.3 is 14.8 Å². The van der Waals surface area contributed by atoms with Crippen LogP contribution in [0.3, 0.4) is 0 Å². The molecule has 1 aromatic rings. The van der Waals surface area contributed by atoms with Gasteiger partial charge in [0.25, 0.3) is 0 Å². The number of unbranched alkanes of at least 4 members (excludes halogenated alkanes) is 2. The van der Waals surface area contributed by atoms with E-state index < -0.39 is 0 Å². The van der Waals surface area contributed by atoms with Crippen molar-refractivity contribution >= 4 is 11.6 Å². The lowest BCUT2D eigenvalue weighted by Crippen LogP contribution is -2.13. The molecule has 20 heavy (non-hydrogen) atoms. The van der Waals surface area contributed by atoms with Crippen LogP contribution in [0.4, 0.5) is 0 Å². The van der Waals surface area contributed by atoms with Crippen LogP contribution >= 0.6 is 11.6 Å². The van der Waals surface area contributed by atoms with E-state index in [1.54, 1.807) is 0 Å². The molecule has 0 spiro atoms. The van der Waals surface area contributed by atoms with Crippen LogP contribution in [0.1, 0.15) is 38.2 Å². The van der Waals surface area contributed by atoms with Crippen molar-refractivity contribution in [3.05, 3.63) is 22.7 Å². The van der Waals surface area contributed by atoms with Gasteiger partial charge in [-0.3, -0.25) is 0 Å². The van der Waals surface area contributed by atoms with Gasteiger partial charge in [0.05, 0.1) is 13.2 Å². The minimum absolute atomic E-state index is 0.701. The number of fused-ring (bicyclic) bond motifs is 1. The molecule has 0 saturated carbocycles. The summed E-state index contributed by atoms with van der Waals surface area (Å²) in [5.74, 6) is 1.62. The third kappa shape index (κ3) is 4.57. The van der Waals surface area contributed by atoms with Crippen molar-refractivity contribution in [2.24, 2.45) is 0 Å². The fraction of sp³-hybridized carbons (Fsp3) is 0.625. The summed E-state index contributed by atoms with van der Waals surface area (Å²) in [6, 6.07) is 3.95. The Morgan fingerprint density at radius 3 is 2.60 bits per heavy atom. The predicted molar refractivity (Wildman–Crippen MR) is 83.2 cm³/mol. The summed E-state index contributed by atoms with van der Waals surface area (Å²) >= 11 is 6.33. The second-order valence-corrected chi connectivity index (χ2v) is 5.51. The number of hydrogen-bond acceptors (Lipinski definition) is 3. The Morgan fingerprint density at radius 1 is 1.10 bits per heavy atom. The Bertz CT molecular complexity index is 423. The maximum Gasteiger partial charge on any atom is 0.162 e. The molecule has 0 atom stereocenters. The summed E-state index contributed by atoms with van der Waals surface area (Å²) < 4.78 is 11.3. The average molecular weight is 298 g/mol. The van der Waals surface area contributed by atoms with Crippen LogP contribution in [-0.4, -0.2) is 26.3 Å². The third-order valence-corrected chi connectivity index (χ3v) is 3.82. The molecule has 112 valence electrons. The number of nitrogens with one attached hydrogen (secondary N) is 1. The highest BCUT2D eigenvalue weighted by molar-refractivity contribution is 6.31. The van der Waals surface area contributed by atoms with Crippen molar-refractivity contribution in [1.29, 1.82) is 0 Å². The fourth-order valence-electron chi connectivity index (χ4n) is 2.34. The Balaban J connectivity index is 1.86. The van der Waals surface area contributed by atoms with Gasteiger partial charge >= 0.3 is 0 Å². The quantitative estimate of drug-likeness (QED) is 0.776. The van der Waals surface area contributed by atoms with Crippen molar-refractivity contribution < 1.29 is 9.47 Å². The SMILES string of the molecule is CCNCCCCCc1cc2c(cc1Cl)OCCCO2. The minimum Gasteiger partial charge on any atom is -0.490 e. The molecule has 0 saturated heterocycles. The van der Waals surface area contributed by atoms with Crippen LogP contribution in [0.5, 0.6) is 11.5 Å². The predicted octanol–water partition coefficient (Wildman–Crippen LogP) is 3.82. The maximum atomic E-state index is 6.33. The zero-order valence-electron chi connectivity index (χ0n) is 12.2. The lowest BCUT2D eigenvalue weighted by Gasteiger charge is -2.11. The molecule has 0 fully saturated rings. The van der Waals surface area contributed by atoms with Crippen molar-refractivity contribution in [2.45, 2.75) is 39.0 Å². The van der Waals surface area contributed by atoms with E-state index in [4.69, 9.17) is 21.1 Å². The van der Waals surface area contributed by atoms with Gasteiger partial charge in [0, 0.05) is 17.5 Å². The molecule has 3 nitrogen and oxygen atoms in total. The fourth-order valence-corrected chi connectivity index (χ4v) is 2.58. The Kier molecular flexibility index (Phi) is 6.48. The number of benzene rings is 1. The number of rotatable bonds is 7. The molecule has 0 aliphatic carbocycles. The van der Waals surface area contributed by atoms with Gasteiger partial charge in [0.1, 0.15) is 0 Å². The normalized spacial score (nSPS) is 14.1. The summed E-state index contributed by atoms with van der Waals surface area (Å²) in [6.45, 7) is 5.71. The van der Waals surface area contributed by atoms with Gasteiger partial charge in [-0.05, 0) is 44.0 Å². The van der Waals surface area contributed by atoms with Crippen molar-refractivity contribution in [3.8, 4) is 11.5 Å². The Morgan fingerprint density at radius 2 is 1.85 bits per heavy atom. The monoisotopic (exact) mass is 297 g/mol. The molecule has 1 aliphatic rings. The van der Waals surface area contributed by atoms with Crippen LogP contribution < -0.4 is 14.8 Å². The second kappa shape index (κ2) is 8.38. The first-order chi connectivity index (χ1) is 9.81. The summed E-state index contributed by atoms with van der Waals surface area (Å²) in [4.78, 5) is 0. The largest absolute Gasteiger partial charge is 0.490 e. The van der Waals surface area contributed by atoms with Gasteiger partial charge in [0.2, 0.25) is 0 Å². The topological polar surface area (TPSA) is 30.5 Å². The van der Waals surface area contributed by atoms with E-state index in [9.17, 15) is 0 Å². The molecule has 2 rings (SSSR count). The standard InChI is InChI=1S/C16H24ClNO2/c1-2-18-8-5-3-4-7-13-11-15-16(12-14(13)17)20-10-6-9-19-15/h11-12,18H,2-10H2,1H3. The van der Waals surface area contributed by atoms with E-state index in [1.165, 1.54) is 18.4 Å². The number of ether oxygens (including phenoxy) is 2. The van der Waals surface area contributed by atoms with Crippen molar-refractivity contribution in [2.75, 3.05) is 26.3 Å². The lowest BCUT2D eigenvalue weighted by molar-refractivity contribution is 0.297. The van der Waals surface area contributed by atoms with E-state index >= 15 is 0 Å². The zero-order chi connectivity index (χ0) is 14.2. The van der Waals surface area contributed by atoms with Gasteiger partial charge in [-0.1, -0.05) is 24.9 Å². The maximum absolute atomic E-state index is 6.33. The molecular formula is C16H24ClNO2. The molecular weight excluding hydrogens is 274 g/mol. The van der Waals surface area contributed by atoms with Crippen LogP contribution in [-0.2, 0) is 6.42 Å². The van der Waals surface area contributed by atoms with E-state index in [1.807, 2.05) is 12.1 Å². The molecule has 0 amide bonds. The first-order valence-corrected chi connectivity index (χ1v) is 7.98. The van der Waals surface area contributed by atoms with Crippen LogP contribution in [0.2, 0.25) is 5.02 Å². The van der Waals surface area contributed by atoms with E-state index in [0.29, 0.717) is 6.61 Å². The van der Waals surface area contributed by atoms with Crippen LogP contribution in [0.25, 0.3) is 0 Å². The van der Waals surface area contributed by atoms with Crippen LogP contribution in [0.15, 0.2) is 12.1 Å². The minimum atomic E-state index is 0.701. The molecule has 4 heteroatoms. The summed E-state index contributed by atoms with van der Waals surface area (Å²) in [5, 5.41) is 4.14. The molecule has 0 unspecified atom stereocenters. The van der Waals surface area contributed by atoms with Crippen LogP contribution in [0, 0.1) is 0 Å². The first-order valence-electron chi connectivity index (χ1n) is 7.60. The highest BCUT2D eigenvalue weighted by atomic mass is 35.5. The molecule has 1 N–H and O–H groups in total. The van der Waals surface area contributed by atoms with E-state index in [-0.39, 0.29) is 0 Å². The van der Waals surface area contributed by atoms with Crippen molar-refractivity contribution in [3.63, 3.8) is 0 Å². The second-order valence-electron chi connectivity index (χ2n) is 5.11. The highest BCUT2D eigenvalue weighted by Crippen LogP contribution is 2.35. The number of halogens is 1. The van der Waals surface area contributed by atoms with E-state index in [0.717, 1.165) is 55.5 Å². The van der Waals surface area contributed by atoms with Crippen molar-refractivity contribution in [1.82, 2.24) is 5.32 Å². The molecule has 1 aromatic carbocycles. The van der Waals surface area contributed by atoms with Gasteiger partial charge in [0.15, 0.2) is 11.5 Å². The lowest BCUT2D eigenvalue weighted by atomic mass is 10.1. The zero-order valence-corrected chi connectivity index (χ0v) is 13.0. The van der Waals surface area contributed by atoms with E-state index in [2.05, 4.69) is 12.2 Å². The summed E-state index contributed by atoms with van der Waals surface area (Å²) in [6.07, 6.45) is 5.52. The third-order valence-electron chi connectivity index (χ3n) is 3.47. The molecule has 1 aliphatic heterocycles. The smallest absolute Gasteiger partial charge is 0.162 e. The Hall–Kier alpha value is -0.930. The number of hydrogen-bond donors (Lipinski definition) is 1. The molecule has 0 radical (unpaired) electrons. The average Bonchev–Trinajstić information content (AvgIpc) is 2.67. The number of aryl methyl sites for hydroxylation is 1. The summed E-state index contributed by atoms with van der Waals surface area (Å²) in [7, 11) is 0. The molecule has 1 heterocycles. The molecule has 0 aromatic heterocycles. The molecule has 0 bridgehead atoms. The summed E-state index contributed by atoms with van der Waals surface area (Å²) in [5.41, 5.74) is 1.17.